The highest BCUT2D eigenvalue weighted by molar-refractivity contribution is 7.17. The summed E-state index contributed by atoms with van der Waals surface area (Å²) in [7, 11) is 3.85. The Labute approximate surface area is 157 Å². The largest absolute Gasteiger partial charge is 0.363 e. The Morgan fingerprint density at radius 2 is 1.88 bits per heavy atom. The summed E-state index contributed by atoms with van der Waals surface area (Å²) in [4.78, 5) is 24.0. The summed E-state index contributed by atoms with van der Waals surface area (Å²) < 4.78 is 0. The Morgan fingerprint density at radius 1 is 1.15 bits per heavy atom. The molecule has 0 saturated carbocycles. The first-order valence-corrected chi connectivity index (χ1v) is 9.31. The number of benzene rings is 1. The molecule has 1 N–H and O–H groups in total. The van der Waals surface area contributed by atoms with Gasteiger partial charge in [0.2, 0.25) is 0 Å². The predicted molar refractivity (Wildman–Crippen MR) is 108 cm³/mol. The van der Waals surface area contributed by atoms with Crippen LogP contribution in [0.4, 0.5) is 11.5 Å². The SMILES string of the molecule is CCc1ccc(-c2nc(C)c(C(=O)Nc3ccc(N(C)C)nc3)s2)cc1. The second kappa shape index (κ2) is 7.66. The van der Waals surface area contributed by atoms with E-state index in [1.165, 1.54) is 16.9 Å². The van der Waals surface area contributed by atoms with Crippen molar-refractivity contribution in [1.29, 1.82) is 0 Å². The standard InChI is InChI=1S/C20H22N4OS/c1-5-14-6-8-15(9-7-14)20-22-13(2)18(26-20)19(25)23-16-10-11-17(21-12-16)24(3)4/h6-12H,5H2,1-4H3,(H,23,25). The van der Waals surface area contributed by atoms with Gasteiger partial charge in [0.05, 0.1) is 17.6 Å². The van der Waals surface area contributed by atoms with Crippen molar-refractivity contribution in [3.05, 3.63) is 58.7 Å². The third-order valence-electron chi connectivity index (χ3n) is 4.08. The molecular weight excluding hydrogens is 344 g/mol. The van der Waals surface area contributed by atoms with Crippen LogP contribution in [0.5, 0.6) is 0 Å². The summed E-state index contributed by atoms with van der Waals surface area (Å²) in [6.45, 7) is 3.99. The van der Waals surface area contributed by atoms with Crippen LogP contribution in [0.1, 0.15) is 27.9 Å². The number of thiazole rings is 1. The average Bonchev–Trinajstić information content (AvgIpc) is 3.04. The summed E-state index contributed by atoms with van der Waals surface area (Å²) in [5.41, 5.74) is 3.72. The topological polar surface area (TPSA) is 58.1 Å². The monoisotopic (exact) mass is 366 g/mol. The van der Waals surface area contributed by atoms with Crippen LogP contribution in [-0.4, -0.2) is 30.0 Å². The fourth-order valence-corrected chi connectivity index (χ4v) is 3.49. The highest BCUT2D eigenvalue weighted by atomic mass is 32.1. The summed E-state index contributed by atoms with van der Waals surface area (Å²) in [5, 5.41) is 3.76. The Bertz CT molecular complexity index is 899. The van der Waals surface area contributed by atoms with Gasteiger partial charge >= 0.3 is 0 Å². The van der Waals surface area contributed by atoms with E-state index >= 15 is 0 Å². The van der Waals surface area contributed by atoms with E-state index in [-0.39, 0.29) is 5.91 Å². The van der Waals surface area contributed by atoms with Gasteiger partial charge < -0.3 is 10.2 Å². The molecule has 0 aliphatic rings. The first-order chi connectivity index (χ1) is 12.5. The molecule has 0 saturated heterocycles. The van der Waals surface area contributed by atoms with E-state index in [1.54, 1.807) is 6.20 Å². The van der Waals surface area contributed by atoms with E-state index < -0.39 is 0 Å². The molecule has 1 aromatic carbocycles. The molecule has 0 bridgehead atoms. The summed E-state index contributed by atoms with van der Waals surface area (Å²) >= 11 is 1.41. The molecule has 0 aliphatic carbocycles. The number of nitrogens with zero attached hydrogens (tertiary/aromatic N) is 3. The van der Waals surface area contributed by atoms with Gasteiger partial charge in [-0.15, -0.1) is 11.3 Å². The molecule has 3 rings (SSSR count). The summed E-state index contributed by atoms with van der Waals surface area (Å²) in [6.07, 6.45) is 2.67. The van der Waals surface area contributed by atoms with Gasteiger partial charge in [-0.3, -0.25) is 4.79 Å². The fourth-order valence-electron chi connectivity index (χ4n) is 2.53. The second-order valence-electron chi connectivity index (χ2n) is 6.24. The van der Waals surface area contributed by atoms with Crippen LogP contribution in [0, 0.1) is 6.92 Å². The molecule has 0 spiro atoms. The molecule has 6 heteroatoms. The molecule has 0 radical (unpaired) electrons. The lowest BCUT2D eigenvalue weighted by Gasteiger charge is -2.11. The Kier molecular flexibility index (Phi) is 5.32. The van der Waals surface area contributed by atoms with Crippen LogP contribution >= 0.6 is 11.3 Å². The summed E-state index contributed by atoms with van der Waals surface area (Å²) in [6, 6.07) is 12.0. The van der Waals surface area contributed by atoms with Crippen LogP contribution in [-0.2, 0) is 6.42 Å². The van der Waals surface area contributed by atoms with E-state index in [4.69, 9.17) is 0 Å². The van der Waals surface area contributed by atoms with Gasteiger partial charge in [0.25, 0.3) is 5.91 Å². The minimum absolute atomic E-state index is 0.157. The third kappa shape index (κ3) is 3.91. The molecular formula is C20H22N4OS. The van der Waals surface area contributed by atoms with Gasteiger partial charge in [0.15, 0.2) is 0 Å². The normalized spacial score (nSPS) is 10.6. The highest BCUT2D eigenvalue weighted by Crippen LogP contribution is 2.29. The molecule has 2 heterocycles. The molecule has 0 aliphatic heterocycles. The number of carbonyl (C=O) groups excluding carboxylic acids is 1. The third-order valence-corrected chi connectivity index (χ3v) is 5.28. The lowest BCUT2D eigenvalue weighted by atomic mass is 10.1. The Balaban J connectivity index is 1.78. The molecule has 2 aromatic heterocycles. The zero-order valence-corrected chi connectivity index (χ0v) is 16.2. The van der Waals surface area contributed by atoms with Gasteiger partial charge in [-0.2, -0.15) is 0 Å². The first-order valence-electron chi connectivity index (χ1n) is 8.49. The maximum absolute atomic E-state index is 12.6. The van der Waals surface area contributed by atoms with Gasteiger partial charge in [0, 0.05) is 19.7 Å². The highest BCUT2D eigenvalue weighted by Gasteiger charge is 2.16. The van der Waals surface area contributed by atoms with Crippen molar-refractivity contribution in [2.24, 2.45) is 0 Å². The smallest absolute Gasteiger partial charge is 0.267 e. The molecule has 26 heavy (non-hydrogen) atoms. The van der Waals surface area contributed by atoms with Gasteiger partial charge in [-0.1, -0.05) is 31.2 Å². The van der Waals surface area contributed by atoms with Crippen molar-refractivity contribution < 1.29 is 4.79 Å². The quantitative estimate of drug-likeness (QED) is 0.727. The summed E-state index contributed by atoms with van der Waals surface area (Å²) in [5.74, 6) is 0.686. The fraction of sp³-hybridized carbons (Fsp3) is 0.250. The van der Waals surface area contributed by atoms with E-state index in [1.807, 2.05) is 38.1 Å². The van der Waals surface area contributed by atoms with Crippen molar-refractivity contribution in [1.82, 2.24) is 9.97 Å². The van der Waals surface area contributed by atoms with Crippen molar-refractivity contribution in [2.45, 2.75) is 20.3 Å². The lowest BCUT2D eigenvalue weighted by molar-refractivity contribution is 0.103. The number of carbonyl (C=O) groups is 1. The Hall–Kier alpha value is -2.73. The molecule has 5 nitrogen and oxygen atoms in total. The number of amides is 1. The Morgan fingerprint density at radius 3 is 2.46 bits per heavy atom. The minimum atomic E-state index is -0.157. The van der Waals surface area contributed by atoms with Crippen LogP contribution in [0.15, 0.2) is 42.6 Å². The van der Waals surface area contributed by atoms with E-state index in [0.717, 1.165) is 28.5 Å². The zero-order valence-electron chi connectivity index (χ0n) is 15.4. The molecule has 0 atom stereocenters. The molecule has 134 valence electrons. The molecule has 1 amide bonds. The number of aryl methyl sites for hydroxylation is 2. The van der Waals surface area contributed by atoms with Crippen LogP contribution in [0.3, 0.4) is 0 Å². The van der Waals surface area contributed by atoms with E-state index in [0.29, 0.717) is 10.6 Å². The number of anilines is 2. The molecule has 0 unspecified atom stereocenters. The molecule has 0 fully saturated rings. The van der Waals surface area contributed by atoms with Crippen molar-refractivity contribution in [3.63, 3.8) is 0 Å². The number of nitrogens with one attached hydrogen (secondary N) is 1. The van der Waals surface area contributed by atoms with Gasteiger partial charge in [-0.05, 0) is 31.0 Å². The predicted octanol–water partition coefficient (Wildman–Crippen LogP) is 4.39. The van der Waals surface area contributed by atoms with Crippen LogP contribution < -0.4 is 10.2 Å². The number of hydrogen-bond donors (Lipinski definition) is 1. The number of aromatic nitrogens is 2. The average molecular weight is 366 g/mol. The van der Waals surface area contributed by atoms with E-state index in [9.17, 15) is 4.79 Å². The van der Waals surface area contributed by atoms with Crippen LogP contribution in [0.25, 0.3) is 10.6 Å². The van der Waals surface area contributed by atoms with Crippen molar-refractivity contribution in [2.75, 3.05) is 24.3 Å². The van der Waals surface area contributed by atoms with Crippen LogP contribution in [0.2, 0.25) is 0 Å². The van der Waals surface area contributed by atoms with Crippen molar-refractivity contribution >= 4 is 28.7 Å². The van der Waals surface area contributed by atoms with Crippen molar-refractivity contribution in [3.8, 4) is 10.6 Å². The maximum Gasteiger partial charge on any atom is 0.267 e. The number of rotatable bonds is 5. The first kappa shape index (κ1) is 18.1. The lowest BCUT2D eigenvalue weighted by Crippen LogP contribution is -2.13. The number of pyridine rings is 1. The molecule has 3 aromatic rings. The van der Waals surface area contributed by atoms with Gasteiger partial charge in [0.1, 0.15) is 15.7 Å². The maximum atomic E-state index is 12.6. The van der Waals surface area contributed by atoms with Gasteiger partial charge in [-0.25, -0.2) is 9.97 Å². The minimum Gasteiger partial charge on any atom is -0.363 e. The van der Waals surface area contributed by atoms with E-state index in [2.05, 4.69) is 46.5 Å². The second-order valence-corrected chi connectivity index (χ2v) is 7.24. The number of hydrogen-bond acceptors (Lipinski definition) is 5. The zero-order chi connectivity index (χ0) is 18.7.